The molecule has 2 heterocycles. The zero-order chi connectivity index (χ0) is 23.2. The van der Waals surface area contributed by atoms with Crippen molar-refractivity contribution in [2.75, 3.05) is 52.0 Å². The second-order valence-electron chi connectivity index (χ2n) is 6.47. The number of carbonyl (C=O) groups excluding carboxylic acids is 2. The molecule has 0 aromatic heterocycles. The molecule has 2 unspecified atom stereocenters. The molecular weight excluding hydrogens is 464 g/mol. The van der Waals surface area contributed by atoms with Crippen LogP contribution in [-0.4, -0.2) is 102 Å². The predicted molar refractivity (Wildman–Crippen MR) is 117 cm³/mol. The first-order valence-electron chi connectivity index (χ1n) is 10.0. The molecule has 0 spiro atoms. The van der Waals surface area contributed by atoms with Gasteiger partial charge >= 0.3 is 5.97 Å². The van der Waals surface area contributed by atoms with Crippen LogP contribution in [0.1, 0.15) is 12.8 Å². The highest BCUT2D eigenvalue weighted by molar-refractivity contribution is 8.77. The number of ether oxygens (including phenoxy) is 4. The fourth-order valence-corrected chi connectivity index (χ4v) is 4.73. The van der Waals surface area contributed by atoms with Gasteiger partial charge in [-0.15, -0.1) is 0 Å². The first-order chi connectivity index (χ1) is 15.5. The average molecular weight is 493 g/mol. The zero-order valence-electron chi connectivity index (χ0n) is 17.5. The summed E-state index contributed by atoms with van der Waals surface area (Å²) in [4.78, 5) is 35.2. The average Bonchev–Trinajstić information content (AvgIpc) is 3.10. The summed E-state index contributed by atoms with van der Waals surface area (Å²) in [5, 5.41) is 19.8. The molecule has 0 aliphatic carbocycles. The van der Waals surface area contributed by atoms with E-state index in [-0.39, 0.29) is 38.0 Å². The first-order valence-corrected chi connectivity index (χ1v) is 12.4. The number of likely N-dealkylation sites (tertiary alicyclic amines) is 1. The molecule has 2 rings (SSSR count). The van der Waals surface area contributed by atoms with Crippen molar-refractivity contribution in [1.29, 1.82) is 0 Å². The minimum absolute atomic E-state index is 0.000338. The number of hydroxylamine groups is 2. The maximum absolute atomic E-state index is 11.6. The van der Waals surface area contributed by atoms with Crippen molar-refractivity contribution in [3.8, 4) is 0 Å². The quantitative estimate of drug-likeness (QED) is 0.171. The van der Waals surface area contributed by atoms with E-state index >= 15 is 0 Å². The van der Waals surface area contributed by atoms with Crippen LogP contribution in [0.2, 0.25) is 0 Å². The van der Waals surface area contributed by atoms with Crippen molar-refractivity contribution in [3.05, 3.63) is 24.4 Å². The maximum atomic E-state index is 11.6. The normalized spacial score (nSPS) is 19.2. The van der Waals surface area contributed by atoms with Crippen LogP contribution in [0.5, 0.6) is 0 Å². The van der Waals surface area contributed by atoms with Crippen LogP contribution < -0.4 is 0 Å². The van der Waals surface area contributed by atoms with Crippen LogP contribution in [0.25, 0.3) is 0 Å². The summed E-state index contributed by atoms with van der Waals surface area (Å²) in [6.45, 7) is 2.09. The van der Waals surface area contributed by atoms with E-state index in [9.17, 15) is 19.6 Å². The number of carbonyl (C=O) groups is 3. The SMILES string of the molecule is O=C(O)C(OCCOCCOCCOCCSSC1C=CC=CN1O)N1C(=O)CCC1=O. The molecule has 2 aliphatic rings. The van der Waals surface area contributed by atoms with Gasteiger partial charge in [0.2, 0.25) is 18.0 Å². The molecular formula is C19H28N2O9S2. The Morgan fingerprint density at radius 1 is 1.00 bits per heavy atom. The molecule has 180 valence electrons. The zero-order valence-corrected chi connectivity index (χ0v) is 19.1. The van der Waals surface area contributed by atoms with E-state index in [1.807, 2.05) is 12.2 Å². The van der Waals surface area contributed by atoms with Crippen molar-refractivity contribution in [1.82, 2.24) is 9.96 Å². The van der Waals surface area contributed by atoms with Gasteiger partial charge in [-0.1, -0.05) is 27.7 Å². The second-order valence-corrected chi connectivity index (χ2v) is 9.08. The van der Waals surface area contributed by atoms with Crippen molar-refractivity contribution in [3.63, 3.8) is 0 Å². The number of nitrogens with zero attached hydrogens (tertiary/aromatic N) is 2. The lowest BCUT2D eigenvalue weighted by atomic mass is 10.4. The van der Waals surface area contributed by atoms with Gasteiger partial charge in [0.15, 0.2) is 0 Å². The van der Waals surface area contributed by atoms with Crippen LogP contribution in [0.3, 0.4) is 0 Å². The van der Waals surface area contributed by atoms with Gasteiger partial charge in [-0.05, 0) is 12.2 Å². The van der Waals surface area contributed by atoms with Gasteiger partial charge in [0, 0.05) is 24.8 Å². The van der Waals surface area contributed by atoms with Crippen LogP contribution in [0.15, 0.2) is 24.4 Å². The summed E-state index contributed by atoms with van der Waals surface area (Å²) in [5.41, 5.74) is 0. The first kappa shape index (κ1) is 26.6. The number of carboxylic acid groups (broad SMARTS) is 1. The highest BCUT2D eigenvalue weighted by Gasteiger charge is 2.39. The lowest BCUT2D eigenvalue weighted by molar-refractivity contribution is -0.176. The number of imide groups is 1. The van der Waals surface area contributed by atoms with Gasteiger partial charge in [-0.2, -0.15) is 0 Å². The molecule has 11 nitrogen and oxygen atoms in total. The molecule has 13 heteroatoms. The number of hydrogen-bond acceptors (Lipinski definition) is 11. The summed E-state index contributed by atoms with van der Waals surface area (Å²) < 4.78 is 21.3. The summed E-state index contributed by atoms with van der Waals surface area (Å²) >= 11 is 0. The minimum atomic E-state index is -1.62. The summed E-state index contributed by atoms with van der Waals surface area (Å²) in [7, 11) is 3.16. The molecule has 0 saturated carbocycles. The number of rotatable bonds is 17. The molecule has 0 radical (unpaired) electrons. The number of aliphatic carboxylic acids is 1. The maximum Gasteiger partial charge on any atom is 0.354 e. The van der Waals surface area contributed by atoms with E-state index < -0.39 is 24.0 Å². The van der Waals surface area contributed by atoms with Crippen LogP contribution in [0, 0.1) is 0 Å². The van der Waals surface area contributed by atoms with Crippen molar-refractivity contribution < 1.29 is 43.6 Å². The van der Waals surface area contributed by atoms with Gasteiger partial charge in [-0.25, -0.2) is 14.8 Å². The molecule has 1 fully saturated rings. The Balaban J connectivity index is 1.38. The predicted octanol–water partition coefficient (Wildman–Crippen LogP) is 1.09. The Morgan fingerprint density at radius 2 is 1.59 bits per heavy atom. The third kappa shape index (κ3) is 9.48. The highest BCUT2D eigenvalue weighted by atomic mass is 33.1. The molecule has 2 amide bonds. The largest absolute Gasteiger partial charge is 0.478 e. The van der Waals surface area contributed by atoms with Gasteiger partial charge in [0.05, 0.1) is 46.2 Å². The van der Waals surface area contributed by atoms with E-state index in [0.29, 0.717) is 31.3 Å². The molecule has 0 bridgehead atoms. The highest BCUT2D eigenvalue weighted by Crippen LogP contribution is 2.30. The van der Waals surface area contributed by atoms with E-state index in [1.165, 1.54) is 0 Å². The summed E-state index contributed by atoms with van der Waals surface area (Å²) in [6, 6.07) is 0. The van der Waals surface area contributed by atoms with E-state index in [1.54, 1.807) is 33.9 Å². The van der Waals surface area contributed by atoms with Gasteiger partial charge in [0.1, 0.15) is 5.37 Å². The van der Waals surface area contributed by atoms with Crippen LogP contribution in [-0.2, 0) is 33.3 Å². The molecule has 1 saturated heterocycles. The second kappa shape index (κ2) is 15.3. The molecule has 2 N–H and O–H groups in total. The lowest BCUT2D eigenvalue weighted by Gasteiger charge is -2.22. The smallest absolute Gasteiger partial charge is 0.354 e. The third-order valence-electron chi connectivity index (χ3n) is 4.15. The van der Waals surface area contributed by atoms with Crippen molar-refractivity contribution >= 4 is 39.4 Å². The molecule has 2 atom stereocenters. The Labute approximate surface area is 194 Å². The molecule has 0 aromatic carbocycles. The van der Waals surface area contributed by atoms with E-state index in [0.717, 1.165) is 10.8 Å². The summed E-state index contributed by atoms with van der Waals surface area (Å²) in [5.74, 6) is -1.71. The van der Waals surface area contributed by atoms with Crippen molar-refractivity contribution in [2.45, 2.75) is 24.4 Å². The number of hydrogen-bond donors (Lipinski definition) is 2. The molecule has 32 heavy (non-hydrogen) atoms. The standard InChI is InChI=1S/C19H28N2O9S2/c22-15-4-5-16(23)21(15)18(19(24)25)30-12-11-28-8-7-27-9-10-29-13-14-31-32-17-3-1-2-6-20(17)26/h1-3,6,17-18,26H,4-5,7-14H2,(H,24,25). The Hall–Kier alpha value is -1.61. The third-order valence-corrected chi connectivity index (χ3v) is 6.69. The topological polar surface area (TPSA) is 135 Å². The number of amides is 2. The fourth-order valence-electron chi connectivity index (χ4n) is 2.63. The Bertz CT molecular complexity index is 661. The molecule has 0 aromatic rings. The minimum Gasteiger partial charge on any atom is -0.478 e. The number of carboxylic acids is 1. The fraction of sp³-hybridized carbons (Fsp3) is 0.632. The van der Waals surface area contributed by atoms with E-state index in [2.05, 4.69) is 0 Å². The molecule has 2 aliphatic heterocycles. The van der Waals surface area contributed by atoms with E-state index in [4.69, 9.17) is 24.1 Å². The lowest BCUT2D eigenvalue weighted by Crippen LogP contribution is -2.46. The van der Waals surface area contributed by atoms with Crippen LogP contribution >= 0.6 is 21.6 Å². The van der Waals surface area contributed by atoms with Crippen molar-refractivity contribution in [2.24, 2.45) is 0 Å². The van der Waals surface area contributed by atoms with Gasteiger partial charge in [0.25, 0.3) is 0 Å². The Morgan fingerprint density at radius 3 is 2.19 bits per heavy atom. The number of allylic oxidation sites excluding steroid dienone is 2. The van der Waals surface area contributed by atoms with Crippen LogP contribution in [0.4, 0.5) is 0 Å². The Kier molecular flexibility index (Phi) is 12.7. The van der Waals surface area contributed by atoms with Gasteiger partial charge in [-0.3, -0.25) is 14.8 Å². The monoisotopic (exact) mass is 492 g/mol. The summed E-state index contributed by atoms with van der Waals surface area (Å²) in [6.07, 6.45) is 5.54. The van der Waals surface area contributed by atoms with Gasteiger partial charge < -0.3 is 24.1 Å².